The first kappa shape index (κ1) is 13.2. The van der Waals surface area contributed by atoms with Gasteiger partial charge in [0.15, 0.2) is 11.4 Å². The Balaban J connectivity index is 2.56. The van der Waals surface area contributed by atoms with Crippen molar-refractivity contribution in [1.29, 1.82) is 0 Å². The topological polar surface area (TPSA) is 83.6 Å². The average Bonchev–Trinajstić information content (AvgIpc) is 2.88. The third-order valence-corrected chi connectivity index (χ3v) is 2.93. The third kappa shape index (κ3) is 2.22. The molecule has 0 radical (unpaired) electrons. The Bertz CT molecular complexity index is 593. The Labute approximate surface area is 108 Å². The highest BCUT2D eigenvalue weighted by Gasteiger charge is 2.38. The van der Waals surface area contributed by atoms with Crippen LogP contribution < -0.4 is 0 Å². The molecule has 2 rings (SSSR count). The second-order valence-corrected chi connectivity index (χ2v) is 4.04. The zero-order valence-corrected chi connectivity index (χ0v) is 10.1. The lowest BCUT2D eigenvalue weighted by atomic mass is 9.90. The van der Waals surface area contributed by atoms with E-state index in [0.29, 0.717) is 0 Å². The second kappa shape index (κ2) is 4.81. The van der Waals surface area contributed by atoms with Gasteiger partial charge < -0.3 is 14.6 Å². The Morgan fingerprint density at radius 2 is 2.21 bits per heavy atom. The van der Waals surface area contributed by atoms with E-state index in [9.17, 15) is 14.3 Å². The zero-order valence-electron chi connectivity index (χ0n) is 10.1. The average molecular weight is 265 g/mol. The summed E-state index contributed by atoms with van der Waals surface area (Å²) in [5.74, 6) is -1.86. The maximum Gasteiger partial charge on any atom is 0.339 e. The minimum absolute atomic E-state index is 0.110. The number of carbonyl (C=O) groups is 1. The maximum absolute atomic E-state index is 12.9. The van der Waals surface area contributed by atoms with Gasteiger partial charge in [0.1, 0.15) is 11.4 Å². The summed E-state index contributed by atoms with van der Waals surface area (Å²) in [5, 5.41) is 19.7. The fraction of sp³-hybridized carbons (Fsp3) is 0.231. The molecule has 0 aliphatic heterocycles. The molecule has 5 nitrogen and oxygen atoms in total. The van der Waals surface area contributed by atoms with E-state index in [1.165, 1.54) is 18.4 Å². The normalized spacial score (nSPS) is 14.1. The van der Waals surface area contributed by atoms with Crippen molar-refractivity contribution in [3.63, 3.8) is 0 Å². The lowest BCUT2D eigenvalue weighted by molar-refractivity contribution is 0.0436. The molecule has 0 spiro atoms. The lowest BCUT2D eigenvalue weighted by Gasteiger charge is -2.24. The number of hydrogen-bond acceptors (Lipinski definition) is 4. The van der Waals surface area contributed by atoms with E-state index in [2.05, 4.69) is 4.98 Å². The highest BCUT2D eigenvalue weighted by Crippen LogP contribution is 2.34. The number of halogens is 1. The van der Waals surface area contributed by atoms with Crippen LogP contribution in [-0.4, -0.2) is 21.2 Å². The number of aliphatic hydroxyl groups is 1. The zero-order chi connectivity index (χ0) is 14.0. The number of rotatable bonds is 4. The van der Waals surface area contributed by atoms with Crippen LogP contribution in [0.15, 0.2) is 35.1 Å². The van der Waals surface area contributed by atoms with Crippen molar-refractivity contribution in [3.8, 4) is 0 Å². The molecular formula is C13H12FNO4. The molecule has 0 aromatic carbocycles. The van der Waals surface area contributed by atoms with Gasteiger partial charge in [-0.2, -0.15) is 0 Å². The van der Waals surface area contributed by atoms with E-state index >= 15 is 0 Å². The predicted molar refractivity (Wildman–Crippen MR) is 63.2 cm³/mol. The monoisotopic (exact) mass is 265 g/mol. The molecular weight excluding hydrogens is 253 g/mol. The quantitative estimate of drug-likeness (QED) is 0.885. The predicted octanol–water partition coefficient (Wildman–Crippen LogP) is 2.16. The summed E-state index contributed by atoms with van der Waals surface area (Å²) in [6, 6.07) is 3.70. The Hall–Kier alpha value is -2.21. The van der Waals surface area contributed by atoms with Crippen molar-refractivity contribution < 1.29 is 23.8 Å². The first-order valence-corrected chi connectivity index (χ1v) is 5.64. The molecule has 100 valence electrons. The van der Waals surface area contributed by atoms with Gasteiger partial charge in [0.05, 0.1) is 18.2 Å². The molecule has 19 heavy (non-hydrogen) atoms. The van der Waals surface area contributed by atoms with Crippen molar-refractivity contribution >= 4 is 5.97 Å². The summed E-state index contributed by atoms with van der Waals surface area (Å²) in [7, 11) is 0. The van der Waals surface area contributed by atoms with Gasteiger partial charge in [-0.05, 0) is 24.6 Å². The van der Waals surface area contributed by atoms with Gasteiger partial charge in [-0.25, -0.2) is 9.18 Å². The van der Waals surface area contributed by atoms with Crippen LogP contribution in [0.3, 0.4) is 0 Å². The molecule has 0 fully saturated rings. The van der Waals surface area contributed by atoms with Crippen LogP contribution in [0.1, 0.15) is 35.2 Å². The van der Waals surface area contributed by atoms with Gasteiger partial charge in [0, 0.05) is 0 Å². The molecule has 2 aromatic rings. The standard InChI is InChI=1S/C13H12FNO4/c1-2-13(18,10-4-3-8(14)7-15-10)11-9(12(16)17)5-6-19-11/h3-7,18H,2H2,1H3,(H,16,17). The van der Waals surface area contributed by atoms with Gasteiger partial charge in [-0.1, -0.05) is 6.92 Å². The second-order valence-electron chi connectivity index (χ2n) is 4.04. The fourth-order valence-corrected chi connectivity index (χ4v) is 1.88. The summed E-state index contributed by atoms with van der Waals surface area (Å²) in [4.78, 5) is 14.9. The van der Waals surface area contributed by atoms with Crippen LogP contribution in [0.5, 0.6) is 0 Å². The maximum atomic E-state index is 12.9. The lowest BCUT2D eigenvalue weighted by Crippen LogP contribution is -2.29. The summed E-state index contributed by atoms with van der Waals surface area (Å²) >= 11 is 0. The van der Waals surface area contributed by atoms with E-state index in [0.717, 1.165) is 12.3 Å². The van der Waals surface area contributed by atoms with E-state index in [1.54, 1.807) is 6.92 Å². The number of carboxylic acid groups (broad SMARTS) is 1. The molecule has 0 saturated heterocycles. The van der Waals surface area contributed by atoms with E-state index in [-0.39, 0.29) is 23.4 Å². The Morgan fingerprint density at radius 3 is 2.74 bits per heavy atom. The first-order valence-electron chi connectivity index (χ1n) is 5.64. The number of hydrogen-bond donors (Lipinski definition) is 2. The molecule has 0 saturated carbocycles. The SMILES string of the molecule is CCC(O)(c1ccc(F)cn1)c1occc1C(=O)O. The molecule has 2 N–H and O–H groups in total. The molecule has 1 unspecified atom stereocenters. The van der Waals surface area contributed by atoms with Crippen molar-refractivity contribution in [3.05, 3.63) is 53.5 Å². The fourth-order valence-electron chi connectivity index (χ4n) is 1.88. The van der Waals surface area contributed by atoms with E-state index in [1.807, 2.05) is 0 Å². The molecule has 6 heteroatoms. The van der Waals surface area contributed by atoms with Gasteiger partial charge in [0.2, 0.25) is 0 Å². The molecule has 0 aliphatic rings. The van der Waals surface area contributed by atoms with Crippen LogP contribution in [-0.2, 0) is 5.60 Å². The van der Waals surface area contributed by atoms with Gasteiger partial charge in [-0.3, -0.25) is 4.98 Å². The molecule has 0 amide bonds. The number of carboxylic acids is 1. The van der Waals surface area contributed by atoms with Crippen molar-refractivity contribution in [2.75, 3.05) is 0 Å². The van der Waals surface area contributed by atoms with Gasteiger partial charge in [-0.15, -0.1) is 0 Å². The highest BCUT2D eigenvalue weighted by atomic mass is 19.1. The van der Waals surface area contributed by atoms with Crippen LogP contribution >= 0.6 is 0 Å². The Kier molecular flexibility index (Phi) is 3.35. The van der Waals surface area contributed by atoms with Crippen molar-refractivity contribution in [2.45, 2.75) is 18.9 Å². The number of furan rings is 1. The largest absolute Gasteiger partial charge is 0.478 e. The first-order chi connectivity index (χ1) is 8.99. The molecule has 1 atom stereocenters. The van der Waals surface area contributed by atoms with Crippen LogP contribution in [0.2, 0.25) is 0 Å². The summed E-state index contributed by atoms with van der Waals surface area (Å²) in [6.07, 6.45) is 2.28. The number of nitrogens with zero attached hydrogens (tertiary/aromatic N) is 1. The number of aromatic nitrogens is 1. The molecule has 0 bridgehead atoms. The van der Waals surface area contributed by atoms with E-state index in [4.69, 9.17) is 9.52 Å². The number of aromatic carboxylic acids is 1. The van der Waals surface area contributed by atoms with Crippen molar-refractivity contribution in [2.24, 2.45) is 0 Å². The minimum atomic E-state index is -1.70. The number of pyridine rings is 1. The Morgan fingerprint density at radius 1 is 1.47 bits per heavy atom. The molecule has 2 heterocycles. The van der Waals surface area contributed by atoms with Crippen LogP contribution in [0.4, 0.5) is 4.39 Å². The third-order valence-electron chi connectivity index (χ3n) is 2.93. The molecule has 2 aromatic heterocycles. The van der Waals surface area contributed by atoms with Crippen LogP contribution in [0.25, 0.3) is 0 Å². The van der Waals surface area contributed by atoms with Gasteiger partial charge in [0.25, 0.3) is 0 Å². The minimum Gasteiger partial charge on any atom is -0.478 e. The molecule has 0 aliphatic carbocycles. The van der Waals surface area contributed by atoms with Crippen molar-refractivity contribution in [1.82, 2.24) is 4.98 Å². The highest BCUT2D eigenvalue weighted by molar-refractivity contribution is 5.89. The summed E-state index contributed by atoms with van der Waals surface area (Å²) < 4.78 is 18.0. The summed E-state index contributed by atoms with van der Waals surface area (Å²) in [6.45, 7) is 1.65. The van der Waals surface area contributed by atoms with Crippen LogP contribution in [0, 0.1) is 5.82 Å². The van der Waals surface area contributed by atoms with Gasteiger partial charge >= 0.3 is 5.97 Å². The summed E-state index contributed by atoms with van der Waals surface area (Å²) in [5.41, 5.74) is -1.71. The van der Waals surface area contributed by atoms with E-state index < -0.39 is 17.4 Å². The smallest absolute Gasteiger partial charge is 0.339 e.